The van der Waals surface area contributed by atoms with E-state index in [1.54, 1.807) is 0 Å². The topological polar surface area (TPSA) is 53.1 Å². The summed E-state index contributed by atoms with van der Waals surface area (Å²) in [5.41, 5.74) is 5.60. The minimum Gasteiger partial charge on any atom is -0.381 e. The summed E-state index contributed by atoms with van der Waals surface area (Å²) in [6.45, 7) is 1.68. The lowest BCUT2D eigenvalue weighted by Crippen LogP contribution is -2.15. The Hall–Kier alpha value is -0.550. The van der Waals surface area contributed by atoms with Gasteiger partial charge in [-0.1, -0.05) is 0 Å². The average molecular weight is 246 g/mol. The van der Waals surface area contributed by atoms with Crippen molar-refractivity contribution in [2.75, 3.05) is 12.3 Å². The minimum absolute atomic E-state index is 0.311. The third-order valence-corrected chi connectivity index (χ3v) is 2.77. The van der Waals surface area contributed by atoms with E-state index in [1.165, 1.54) is 0 Å². The molecule has 1 aromatic heterocycles. The highest BCUT2D eigenvalue weighted by Gasteiger charge is 2.16. The summed E-state index contributed by atoms with van der Waals surface area (Å²) in [6.07, 6.45) is 4.47. The van der Waals surface area contributed by atoms with Crippen molar-refractivity contribution in [1.29, 1.82) is 0 Å². The zero-order valence-electron chi connectivity index (χ0n) is 7.24. The quantitative estimate of drug-likeness (QED) is 0.858. The second kappa shape index (κ2) is 3.67. The van der Waals surface area contributed by atoms with Gasteiger partial charge in [-0.05, 0) is 28.8 Å². The Morgan fingerprint density at radius 1 is 1.77 bits per heavy atom. The molecule has 0 amide bonds. The lowest BCUT2D eigenvalue weighted by atomic mass is 10.2. The molecule has 1 aromatic rings. The number of halogens is 1. The van der Waals surface area contributed by atoms with Crippen molar-refractivity contribution < 1.29 is 4.74 Å². The highest BCUT2D eigenvalue weighted by atomic mass is 79.9. The first-order valence-corrected chi connectivity index (χ1v) is 5.15. The fraction of sp³-hybridized carbons (Fsp3) is 0.625. The van der Waals surface area contributed by atoms with E-state index in [-0.39, 0.29) is 0 Å². The number of aromatic nitrogens is 2. The van der Waals surface area contributed by atoms with Gasteiger partial charge in [0.15, 0.2) is 5.82 Å². The number of hydrogen-bond donors (Lipinski definition) is 1. The van der Waals surface area contributed by atoms with Crippen molar-refractivity contribution in [3.05, 3.63) is 10.7 Å². The maximum Gasteiger partial charge on any atom is 0.159 e. The van der Waals surface area contributed by atoms with Gasteiger partial charge in [0.1, 0.15) is 0 Å². The molecule has 1 aliphatic heterocycles. The van der Waals surface area contributed by atoms with E-state index < -0.39 is 0 Å². The van der Waals surface area contributed by atoms with Crippen molar-refractivity contribution in [2.24, 2.45) is 0 Å². The maximum atomic E-state index is 5.60. The van der Waals surface area contributed by atoms with Crippen molar-refractivity contribution in [2.45, 2.75) is 25.5 Å². The normalized spacial score (nSPS) is 22.4. The van der Waals surface area contributed by atoms with Crippen molar-refractivity contribution in [3.8, 4) is 0 Å². The first-order chi connectivity index (χ1) is 6.25. The predicted molar refractivity (Wildman–Crippen MR) is 53.3 cm³/mol. The van der Waals surface area contributed by atoms with Crippen molar-refractivity contribution >= 4 is 21.7 Å². The Balaban J connectivity index is 2.00. The number of anilines is 1. The van der Waals surface area contributed by atoms with Crippen molar-refractivity contribution in [3.63, 3.8) is 0 Å². The summed E-state index contributed by atoms with van der Waals surface area (Å²) in [6, 6.07) is 0. The molecule has 1 aliphatic rings. The van der Waals surface area contributed by atoms with E-state index >= 15 is 0 Å². The van der Waals surface area contributed by atoms with Gasteiger partial charge in [0.25, 0.3) is 0 Å². The van der Waals surface area contributed by atoms with Crippen LogP contribution in [0.4, 0.5) is 5.82 Å². The molecule has 0 spiro atoms. The molecule has 2 heterocycles. The fourth-order valence-corrected chi connectivity index (χ4v) is 1.82. The smallest absolute Gasteiger partial charge is 0.159 e. The van der Waals surface area contributed by atoms with Gasteiger partial charge in [0, 0.05) is 12.8 Å². The number of nitrogen functional groups attached to an aromatic ring is 1. The van der Waals surface area contributed by atoms with E-state index in [0.717, 1.165) is 30.5 Å². The van der Waals surface area contributed by atoms with Gasteiger partial charge in [-0.2, -0.15) is 5.10 Å². The molecule has 13 heavy (non-hydrogen) atoms. The summed E-state index contributed by atoms with van der Waals surface area (Å²) < 4.78 is 8.17. The fourth-order valence-electron chi connectivity index (χ4n) is 1.50. The Kier molecular flexibility index (Phi) is 2.55. The SMILES string of the molecule is Nc1nn(CC2CCCO2)cc1Br. The minimum atomic E-state index is 0.311. The molecule has 0 aromatic carbocycles. The Labute approximate surface area is 85.2 Å². The zero-order valence-corrected chi connectivity index (χ0v) is 8.83. The van der Waals surface area contributed by atoms with Crippen LogP contribution in [0.3, 0.4) is 0 Å². The third kappa shape index (κ3) is 2.03. The average Bonchev–Trinajstić information content (AvgIpc) is 2.64. The molecular weight excluding hydrogens is 234 g/mol. The van der Waals surface area contributed by atoms with Gasteiger partial charge < -0.3 is 10.5 Å². The van der Waals surface area contributed by atoms with Crippen LogP contribution in [0.2, 0.25) is 0 Å². The first kappa shape index (κ1) is 9.02. The van der Waals surface area contributed by atoms with Crippen LogP contribution in [0.25, 0.3) is 0 Å². The van der Waals surface area contributed by atoms with Crippen molar-refractivity contribution in [1.82, 2.24) is 9.78 Å². The molecule has 72 valence electrons. The van der Waals surface area contributed by atoms with Gasteiger partial charge in [0.2, 0.25) is 0 Å². The van der Waals surface area contributed by atoms with Gasteiger partial charge >= 0.3 is 0 Å². The lowest BCUT2D eigenvalue weighted by Gasteiger charge is -2.08. The molecule has 4 nitrogen and oxygen atoms in total. The van der Waals surface area contributed by atoms with Gasteiger partial charge in [-0.15, -0.1) is 0 Å². The third-order valence-electron chi connectivity index (χ3n) is 2.16. The summed E-state index contributed by atoms with van der Waals surface area (Å²) >= 11 is 3.32. The van der Waals surface area contributed by atoms with E-state index in [1.807, 2.05) is 10.9 Å². The van der Waals surface area contributed by atoms with E-state index in [0.29, 0.717) is 11.9 Å². The van der Waals surface area contributed by atoms with Crippen LogP contribution in [0.15, 0.2) is 10.7 Å². The monoisotopic (exact) mass is 245 g/mol. The van der Waals surface area contributed by atoms with Crippen LogP contribution in [0.5, 0.6) is 0 Å². The van der Waals surface area contributed by atoms with Crippen LogP contribution < -0.4 is 5.73 Å². The number of ether oxygens (including phenoxy) is 1. The standard InChI is InChI=1S/C8H12BrN3O/c9-7-5-12(11-8(7)10)4-6-2-1-3-13-6/h5-6H,1-4H2,(H2,10,11). The lowest BCUT2D eigenvalue weighted by molar-refractivity contribution is 0.0941. The van der Waals surface area contributed by atoms with Gasteiger partial charge in [-0.25, -0.2) is 0 Å². The van der Waals surface area contributed by atoms with E-state index in [2.05, 4.69) is 21.0 Å². The molecule has 1 unspecified atom stereocenters. The van der Waals surface area contributed by atoms with E-state index in [9.17, 15) is 0 Å². The number of nitrogens with zero attached hydrogens (tertiary/aromatic N) is 2. The number of rotatable bonds is 2. The highest BCUT2D eigenvalue weighted by Crippen LogP contribution is 2.19. The molecule has 0 saturated carbocycles. The second-order valence-corrected chi connectivity index (χ2v) is 4.07. The summed E-state index contributed by atoms with van der Waals surface area (Å²) in [4.78, 5) is 0. The maximum absolute atomic E-state index is 5.60. The molecular formula is C8H12BrN3O. The molecule has 0 aliphatic carbocycles. The van der Waals surface area contributed by atoms with Crippen LogP contribution in [-0.2, 0) is 11.3 Å². The highest BCUT2D eigenvalue weighted by molar-refractivity contribution is 9.10. The Morgan fingerprint density at radius 3 is 3.15 bits per heavy atom. The molecule has 1 atom stereocenters. The zero-order chi connectivity index (χ0) is 9.26. The molecule has 0 radical (unpaired) electrons. The van der Waals surface area contributed by atoms with Crippen LogP contribution in [0.1, 0.15) is 12.8 Å². The molecule has 0 bridgehead atoms. The van der Waals surface area contributed by atoms with Crippen LogP contribution in [0, 0.1) is 0 Å². The molecule has 2 rings (SSSR count). The summed E-state index contributed by atoms with van der Waals surface area (Å²) in [7, 11) is 0. The van der Waals surface area contributed by atoms with Crippen LogP contribution in [-0.4, -0.2) is 22.5 Å². The number of hydrogen-bond acceptors (Lipinski definition) is 3. The molecule has 1 fully saturated rings. The second-order valence-electron chi connectivity index (χ2n) is 3.22. The molecule has 2 N–H and O–H groups in total. The Morgan fingerprint density at radius 2 is 2.62 bits per heavy atom. The van der Waals surface area contributed by atoms with Gasteiger partial charge in [-0.3, -0.25) is 4.68 Å². The Bertz CT molecular complexity index is 274. The largest absolute Gasteiger partial charge is 0.381 e. The summed E-state index contributed by atoms with van der Waals surface area (Å²) in [5.74, 6) is 0.540. The van der Waals surface area contributed by atoms with Gasteiger partial charge in [0.05, 0.1) is 17.1 Å². The molecule has 1 saturated heterocycles. The number of nitrogens with two attached hydrogens (primary N) is 1. The molecule has 5 heteroatoms. The van der Waals surface area contributed by atoms with E-state index in [4.69, 9.17) is 10.5 Å². The van der Waals surface area contributed by atoms with Crippen LogP contribution >= 0.6 is 15.9 Å². The summed E-state index contributed by atoms with van der Waals surface area (Å²) in [5, 5.41) is 4.14. The predicted octanol–water partition coefficient (Wildman–Crippen LogP) is 1.41. The first-order valence-electron chi connectivity index (χ1n) is 4.36.